The molecule has 0 saturated carbocycles. The Morgan fingerprint density at radius 3 is 2.63 bits per heavy atom. The van der Waals surface area contributed by atoms with Crippen molar-refractivity contribution in [1.29, 1.82) is 0 Å². The number of halogens is 1. The maximum atomic E-state index is 12.2. The lowest BCUT2D eigenvalue weighted by atomic mass is 9.98. The fourth-order valence-electron chi connectivity index (χ4n) is 3.55. The van der Waals surface area contributed by atoms with E-state index < -0.39 is 0 Å². The van der Waals surface area contributed by atoms with Gasteiger partial charge in [-0.3, -0.25) is 10.1 Å². The Labute approximate surface area is 214 Å². The van der Waals surface area contributed by atoms with Crippen molar-refractivity contribution in [2.75, 3.05) is 11.9 Å². The van der Waals surface area contributed by atoms with Gasteiger partial charge in [-0.25, -0.2) is 4.98 Å². The van der Waals surface area contributed by atoms with E-state index in [1.165, 1.54) is 5.56 Å². The number of carbonyl (C=O) groups excluding carboxylic acids is 1. The highest BCUT2D eigenvalue weighted by Gasteiger charge is 2.12. The summed E-state index contributed by atoms with van der Waals surface area (Å²) in [6.45, 7) is 6.07. The zero-order valence-corrected chi connectivity index (χ0v) is 21.3. The van der Waals surface area contributed by atoms with E-state index in [4.69, 9.17) is 33.0 Å². The Morgan fingerprint density at radius 1 is 1.14 bits per heavy atom. The highest BCUT2D eigenvalue weighted by atomic mass is 35.5. The number of ether oxygens (including phenoxy) is 1. The zero-order chi connectivity index (χ0) is 24.9. The summed E-state index contributed by atoms with van der Waals surface area (Å²) in [4.78, 5) is 16.9. The van der Waals surface area contributed by atoms with Crippen LogP contribution < -0.4 is 15.4 Å². The van der Waals surface area contributed by atoms with Gasteiger partial charge in [0, 0.05) is 16.3 Å². The summed E-state index contributed by atoms with van der Waals surface area (Å²) in [6.07, 6.45) is 1.07. The zero-order valence-electron chi connectivity index (χ0n) is 19.7. The number of nitrogens with zero attached hydrogens (tertiary/aromatic N) is 1. The van der Waals surface area contributed by atoms with Gasteiger partial charge in [-0.15, -0.1) is 0 Å². The predicted octanol–water partition coefficient (Wildman–Crippen LogP) is 6.86. The number of nitrogens with one attached hydrogen (secondary N) is 2. The van der Waals surface area contributed by atoms with Gasteiger partial charge in [-0.05, 0) is 97.2 Å². The van der Waals surface area contributed by atoms with Gasteiger partial charge in [-0.2, -0.15) is 0 Å². The van der Waals surface area contributed by atoms with Crippen LogP contribution in [0.5, 0.6) is 5.75 Å². The Morgan fingerprint density at radius 2 is 1.91 bits per heavy atom. The van der Waals surface area contributed by atoms with Gasteiger partial charge in [0.25, 0.3) is 5.91 Å². The summed E-state index contributed by atoms with van der Waals surface area (Å²) in [6, 6.07) is 18.8. The minimum atomic E-state index is -0.364. The van der Waals surface area contributed by atoms with Crippen LogP contribution in [0.3, 0.4) is 0 Å². The molecule has 8 heteroatoms. The third kappa shape index (κ3) is 6.18. The van der Waals surface area contributed by atoms with Gasteiger partial charge in [0.2, 0.25) is 5.89 Å². The van der Waals surface area contributed by atoms with Crippen LogP contribution in [0.1, 0.15) is 37.3 Å². The van der Waals surface area contributed by atoms with Gasteiger partial charge >= 0.3 is 0 Å². The Kier molecular flexibility index (Phi) is 7.68. The third-order valence-electron chi connectivity index (χ3n) is 5.73. The largest absolute Gasteiger partial charge is 0.483 e. The van der Waals surface area contributed by atoms with Crippen LogP contribution in [-0.4, -0.2) is 22.6 Å². The average molecular weight is 508 g/mol. The molecule has 35 heavy (non-hydrogen) atoms. The molecule has 6 nitrogen and oxygen atoms in total. The summed E-state index contributed by atoms with van der Waals surface area (Å²) in [5.74, 6) is 1.26. The number of thiocarbonyl (C=S) groups is 1. The van der Waals surface area contributed by atoms with Crippen LogP contribution in [0.2, 0.25) is 5.02 Å². The molecule has 180 valence electrons. The predicted molar refractivity (Wildman–Crippen MR) is 144 cm³/mol. The lowest BCUT2D eigenvalue weighted by Gasteiger charge is -2.12. The van der Waals surface area contributed by atoms with Gasteiger partial charge < -0.3 is 14.5 Å². The molecule has 0 aliphatic rings. The van der Waals surface area contributed by atoms with Crippen LogP contribution in [0.4, 0.5) is 5.69 Å². The van der Waals surface area contributed by atoms with Crippen molar-refractivity contribution < 1.29 is 13.9 Å². The standard InChI is InChI=1S/C27H26ClN3O3S/c1-4-16(2)19-7-11-24-22(14-19)30-26(34-24)18-5-9-21(10-6-18)29-27(35)31-25(32)15-33-23-12-8-20(28)13-17(23)3/h5-14,16H,4,15H2,1-3H3,(H2,29,31,32,35)/t16-/m0/s1. The highest BCUT2D eigenvalue weighted by Crippen LogP contribution is 2.28. The van der Waals surface area contributed by atoms with E-state index in [2.05, 4.69) is 41.6 Å². The number of hydrogen-bond acceptors (Lipinski definition) is 5. The van der Waals surface area contributed by atoms with Crippen LogP contribution >= 0.6 is 23.8 Å². The average Bonchev–Trinajstić information content (AvgIpc) is 3.27. The molecule has 0 radical (unpaired) electrons. The molecule has 0 aliphatic carbocycles. The molecule has 1 atom stereocenters. The lowest BCUT2D eigenvalue weighted by Crippen LogP contribution is -2.37. The molecular weight excluding hydrogens is 482 g/mol. The third-order valence-corrected chi connectivity index (χ3v) is 6.17. The van der Waals surface area contributed by atoms with Crippen molar-refractivity contribution in [3.8, 4) is 17.2 Å². The summed E-state index contributed by atoms with van der Waals surface area (Å²) in [5.41, 5.74) is 5.28. The molecule has 0 spiro atoms. The molecule has 3 aromatic carbocycles. The van der Waals surface area contributed by atoms with E-state index in [1.807, 2.05) is 37.3 Å². The highest BCUT2D eigenvalue weighted by molar-refractivity contribution is 7.80. The molecule has 0 aliphatic heterocycles. The molecule has 4 aromatic rings. The first kappa shape index (κ1) is 24.7. The summed E-state index contributed by atoms with van der Waals surface area (Å²) in [7, 11) is 0. The fourth-order valence-corrected chi connectivity index (χ4v) is 4.01. The van der Waals surface area contributed by atoms with Crippen molar-refractivity contribution in [2.24, 2.45) is 0 Å². The summed E-state index contributed by atoms with van der Waals surface area (Å²) < 4.78 is 11.5. The van der Waals surface area contributed by atoms with Gasteiger partial charge in [0.05, 0.1) is 0 Å². The molecule has 4 rings (SSSR count). The van der Waals surface area contributed by atoms with Crippen molar-refractivity contribution in [1.82, 2.24) is 10.3 Å². The van der Waals surface area contributed by atoms with E-state index >= 15 is 0 Å². The number of fused-ring (bicyclic) bond motifs is 1. The second kappa shape index (κ2) is 10.9. The maximum Gasteiger partial charge on any atom is 0.264 e. The van der Waals surface area contributed by atoms with E-state index in [9.17, 15) is 4.79 Å². The second-order valence-electron chi connectivity index (χ2n) is 8.33. The summed E-state index contributed by atoms with van der Waals surface area (Å²) in [5, 5.41) is 6.40. The molecule has 0 bridgehead atoms. The maximum absolute atomic E-state index is 12.2. The van der Waals surface area contributed by atoms with E-state index in [1.54, 1.807) is 18.2 Å². The lowest BCUT2D eigenvalue weighted by molar-refractivity contribution is -0.121. The van der Waals surface area contributed by atoms with Gasteiger partial charge in [0.15, 0.2) is 17.3 Å². The molecule has 0 fully saturated rings. The number of aryl methyl sites for hydroxylation is 1. The second-order valence-corrected chi connectivity index (χ2v) is 9.18. The molecule has 1 aromatic heterocycles. The SMILES string of the molecule is CC[C@H](C)c1ccc2oc(-c3ccc(NC(=S)NC(=O)COc4ccc(Cl)cc4C)cc3)nc2c1. The number of benzene rings is 3. The van der Waals surface area contributed by atoms with Crippen LogP contribution in [0, 0.1) is 6.92 Å². The molecule has 1 heterocycles. The Bertz CT molecular complexity index is 1370. The summed E-state index contributed by atoms with van der Waals surface area (Å²) >= 11 is 11.2. The van der Waals surface area contributed by atoms with Crippen LogP contribution in [-0.2, 0) is 4.79 Å². The van der Waals surface area contributed by atoms with Crippen molar-refractivity contribution in [3.05, 3.63) is 76.8 Å². The van der Waals surface area contributed by atoms with Crippen molar-refractivity contribution in [3.63, 3.8) is 0 Å². The molecule has 1 amide bonds. The smallest absolute Gasteiger partial charge is 0.264 e. The number of rotatable bonds is 7. The molecule has 0 saturated heterocycles. The Balaban J connectivity index is 1.33. The number of hydrogen-bond donors (Lipinski definition) is 2. The first-order chi connectivity index (χ1) is 16.8. The number of anilines is 1. The first-order valence-corrected chi connectivity index (χ1v) is 12.1. The molecule has 2 N–H and O–H groups in total. The van der Waals surface area contributed by atoms with Crippen molar-refractivity contribution >= 4 is 51.6 Å². The van der Waals surface area contributed by atoms with E-state index in [0.717, 1.165) is 34.3 Å². The number of aromatic nitrogens is 1. The number of carbonyl (C=O) groups is 1. The molecular formula is C27H26ClN3O3S. The monoisotopic (exact) mass is 507 g/mol. The quantitative estimate of drug-likeness (QED) is 0.266. The topological polar surface area (TPSA) is 76.4 Å². The molecule has 0 unspecified atom stereocenters. The van der Waals surface area contributed by atoms with E-state index in [0.29, 0.717) is 22.6 Å². The number of amides is 1. The number of oxazole rings is 1. The van der Waals surface area contributed by atoms with E-state index in [-0.39, 0.29) is 17.6 Å². The van der Waals surface area contributed by atoms with Crippen LogP contribution in [0.15, 0.2) is 65.1 Å². The normalized spacial score (nSPS) is 11.8. The van der Waals surface area contributed by atoms with Gasteiger partial charge in [0.1, 0.15) is 11.3 Å². The Hall–Kier alpha value is -3.42. The van der Waals surface area contributed by atoms with Gasteiger partial charge in [-0.1, -0.05) is 31.5 Å². The fraction of sp³-hybridized carbons (Fsp3) is 0.222. The minimum absolute atomic E-state index is 0.167. The minimum Gasteiger partial charge on any atom is -0.483 e. The van der Waals surface area contributed by atoms with Crippen LogP contribution in [0.25, 0.3) is 22.6 Å². The first-order valence-electron chi connectivity index (χ1n) is 11.3. The van der Waals surface area contributed by atoms with Crippen molar-refractivity contribution in [2.45, 2.75) is 33.1 Å².